The van der Waals surface area contributed by atoms with Gasteiger partial charge in [-0.15, -0.1) is 0 Å². The molecule has 1 atom stereocenters. The van der Waals surface area contributed by atoms with E-state index in [2.05, 4.69) is 5.32 Å². The average Bonchev–Trinajstić information content (AvgIpc) is 2.24. The molecule has 7 heteroatoms. The monoisotopic (exact) mass is 281 g/mol. The van der Waals surface area contributed by atoms with Crippen LogP contribution < -0.4 is 5.32 Å². The fourth-order valence-electron chi connectivity index (χ4n) is 1.52. The van der Waals surface area contributed by atoms with Crippen molar-refractivity contribution in [2.45, 2.75) is 33.7 Å². The summed E-state index contributed by atoms with van der Waals surface area (Å²) in [6.45, 7) is 8.02. The summed E-state index contributed by atoms with van der Waals surface area (Å²) in [5, 5.41) is 11.8. The number of aliphatic carboxylic acids is 1. The van der Waals surface area contributed by atoms with Gasteiger partial charge >= 0.3 is 13.6 Å². The third kappa shape index (κ3) is 6.50. The molecule has 0 spiro atoms. The number of carboxylic acid groups (broad SMARTS) is 1. The molecule has 108 valence electrons. The van der Waals surface area contributed by atoms with Crippen LogP contribution in [0.1, 0.15) is 27.7 Å². The third-order valence-corrected chi connectivity index (χ3v) is 4.41. The lowest BCUT2D eigenvalue weighted by Crippen LogP contribution is -2.42. The van der Waals surface area contributed by atoms with Gasteiger partial charge in [0, 0.05) is 6.54 Å². The van der Waals surface area contributed by atoms with Gasteiger partial charge in [-0.25, -0.2) is 0 Å². The molecule has 0 rings (SSSR count). The van der Waals surface area contributed by atoms with Crippen molar-refractivity contribution in [3.8, 4) is 0 Å². The van der Waals surface area contributed by atoms with Crippen molar-refractivity contribution in [2.75, 3.05) is 25.9 Å². The molecular formula is C11H24NO5P. The smallest absolute Gasteiger partial charge is 0.331 e. The predicted molar refractivity (Wildman–Crippen MR) is 70.0 cm³/mol. The highest BCUT2D eigenvalue weighted by atomic mass is 31.2. The minimum Gasteiger partial charge on any atom is -0.480 e. The Labute approximate surface area is 109 Å². The molecule has 6 nitrogen and oxygen atoms in total. The number of hydrogen-bond donors (Lipinski definition) is 2. The maximum Gasteiger partial charge on any atom is 0.331 e. The molecule has 0 saturated carbocycles. The van der Waals surface area contributed by atoms with E-state index in [4.69, 9.17) is 14.2 Å². The summed E-state index contributed by atoms with van der Waals surface area (Å²) in [6.07, 6.45) is 0.172. The van der Waals surface area contributed by atoms with Crippen molar-refractivity contribution in [1.29, 1.82) is 0 Å². The van der Waals surface area contributed by atoms with Crippen molar-refractivity contribution < 1.29 is 23.5 Å². The van der Waals surface area contributed by atoms with Crippen LogP contribution in [0, 0.1) is 5.92 Å². The van der Waals surface area contributed by atoms with E-state index in [9.17, 15) is 9.36 Å². The fraction of sp³-hybridized carbons (Fsp3) is 0.909. The van der Waals surface area contributed by atoms with E-state index in [-0.39, 0.29) is 18.6 Å². The van der Waals surface area contributed by atoms with Gasteiger partial charge in [0.15, 0.2) is 0 Å². The van der Waals surface area contributed by atoms with E-state index in [1.54, 1.807) is 13.8 Å². The van der Waals surface area contributed by atoms with Crippen LogP contribution in [0.2, 0.25) is 0 Å². The average molecular weight is 281 g/mol. The zero-order chi connectivity index (χ0) is 14.2. The lowest BCUT2D eigenvalue weighted by molar-refractivity contribution is -0.140. The molecule has 0 aliphatic rings. The van der Waals surface area contributed by atoms with E-state index in [0.29, 0.717) is 13.2 Å². The zero-order valence-electron chi connectivity index (χ0n) is 11.5. The molecule has 0 heterocycles. The van der Waals surface area contributed by atoms with Gasteiger partial charge in [-0.3, -0.25) is 9.36 Å². The Hall–Kier alpha value is -0.420. The van der Waals surface area contributed by atoms with Gasteiger partial charge in [0.05, 0.1) is 19.4 Å². The van der Waals surface area contributed by atoms with Crippen LogP contribution in [0.4, 0.5) is 0 Å². The number of carboxylic acids is 1. The minimum atomic E-state index is -3.09. The molecule has 0 amide bonds. The Morgan fingerprint density at radius 1 is 1.28 bits per heavy atom. The van der Waals surface area contributed by atoms with Crippen molar-refractivity contribution >= 4 is 13.6 Å². The molecule has 0 unspecified atom stereocenters. The van der Waals surface area contributed by atoms with E-state index in [1.807, 2.05) is 13.8 Å². The Balaban J connectivity index is 4.28. The van der Waals surface area contributed by atoms with Crippen molar-refractivity contribution in [1.82, 2.24) is 5.32 Å². The van der Waals surface area contributed by atoms with Crippen LogP contribution in [0.25, 0.3) is 0 Å². The van der Waals surface area contributed by atoms with Crippen LogP contribution in [-0.2, 0) is 18.4 Å². The molecule has 0 aromatic rings. The van der Waals surface area contributed by atoms with Crippen molar-refractivity contribution in [3.05, 3.63) is 0 Å². The van der Waals surface area contributed by atoms with E-state index < -0.39 is 19.6 Å². The summed E-state index contributed by atoms with van der Waals surface area (Å²) in [5.74, 6) is -0.950. The first-order chi connectivity index (χ1) is 8.36. The molecule has 0 bridgehead atoms. The Kier molecular flexibility index (Phi) is 8.44. The summed E-state index contributed by atoms with van der Waals surface area (Å²) < 4.78 is 22.3. The second kappa shape index (κ2) is 8.64. The summed E-state index contributed by atoms with van der Waals surface area (Å²) in [5.41, 5.74) is 0. The van der Waals surface area contributed by atoms with Gasteiger partial charge < -0.3 is 19.5 Å². The third-order valence-electron chi connectivity index (χ3n) is 2.33. The number of hydrogen-bond acceptors (Lipinski definition) is 5. The summed E-state index contributed by atoms with van der Waals surface area (Å²) in [4.78, 5) is 11.0. The highest BCUT2D eigenvalue weighted by Crippen LogP contribution is 2.47. The SMILES string of the molecule is CCOP(=O)(CCN[C@H](C(=O)O)C(C)C)OCC. The first-order valence-electron chi connectivity index (χ1n) is 6.20. The van der Waals surface area contributed by atoms with Crippen LogP contribution >= 0.6 is 7.60 Å². The Morgan fingerprint density at radius 2 is 1.78 bits per heavy atom. The van der Waals surface area contributed by atoms with E-state index >= 15 is 0 Å². The topological polar surface area (TPSA) is 84.9 Å². The van der Waals surface area contributed by atoms with E-state index in [0.717, 1.165) is 0 Å². The van der Waals surface area contributed by atoms with Crippen LogP contribution in [0.3, 0.4) is 0 Å². The van der Waals surface area contributed by atoms with Gasteiger partial charge in [-0.2, -0.15) is 0 Å². The van der Waals surface area contributed by atoms with Crippen LogP contribution in [0.5, 0.6) is 0 Å². The first kappa shape index (κ1) is 17.6. The van der Waals surface area contributed by atoms with E-state index in [1.165, 1.54) is 0 Å². The Morgan fingerprint density at radius 3 is 2.11 bits per heavy atom. The summed E-state index contributed by atoms with van der Waals surface area (Å²) in [6, 6.07) is -0.651. The molecular weight excluding hydrogens is 257 g/mol. The maximum atomic E-state index is 12.1. The summed E-state index contributed by atoms with van der Waals surface area (Å²) >= 11 is 0. The van der Waals surface area contributed by atoms with Crippen LogP contribution in [-0.4, -0.2) is 43.0 Å². The highest BCUT2D eigenvalue weighted by molar-refractivity contribution is 7.53. The highest BCUT2D eigenvalue weighted by Gasteiger charge is 2.25. The van der Waals surface area contributed by atoms with Crippen molar-refractivity contribution in [3.63, 3.8) is 0 Å². The minimum absolute atomic E-state index is 0.0407. The lowest BCUT2D eigenvalue weighted by Gasteiger charge is -2.21. The molecule has 0 radical (unpaired) electrons. The van der Waals surface area contributed by atoms with Crippen LogP contribution in [0.15, 0.2) is 0 Å². The van der Waals surface area contributed by atoms with Gasteiger partial charge in [0.1, 0.15) is 6.04 Å². The largest absolute Gasteiger partial charge is 0.480 e. The zero-order valence-corrected chi connectivity index (χ0v) is 12.4. The first-order valence-corrected chi connectivity index (χ1v) is 7.93. The normalized spacial score (nSPS) is 13.8. The maximum absolute atomic E-state index is 12.1. The molecule has 0 fully saturated rings. The van der Waals surface area contributed by atoms with Gasteiger partial charge in [0.25, 0.3) is 0 Å². The fourth-order valence-corrected chi connectivity index (χ4v) is 3.05. The molecule has 0 saturated heterocycles. The number of rotatable bonds is 10. The number of nitrogens with one attached hydrogen (secondary N) is 1. The standard InChI is InChI=1S/C11H24NO5P/c1-5-16-18(15,17-6-2)8-7-12-10(9(3)4)11(13)14/h9-10,12H,5-8H2,1-4H3,(H,13,14)/t10-/m0/s1. The lowest BCUT2D eigenvalue weighted by atomic mass is 10.1. The predicted octanol–water partition coefficient (Wildman–Crippen LogP) is 1.95. The number of carbonyl (C=O) groups is 1. The molecule has 0 aliphatic heterocycles. The second-order valence-electron chi connectivity index (χ2n) is 4.18. The summed E-state index contributed by atoms with van der Waals surface area (Å²) in [7, 11) is -3.09. The Bertz CT molecular complexity index is 285. The molecule has 18 heavy (non-hydrogen) atoms. The molecule has 0 aromatic carbocycles. The van der Waals surface area contributed by atoms with Gasteiger partial charge in [-0.05, 0) is 19.8 Å². The second-order valence-corrected chi connectivity index (χ2v) is 6.37. The molecule has 0 aliphatic carbocycles. The van der Waals surface area contributed by atoms with Gasteiger partial charge in [0.2, 0.25) is 0 Å². The van der Waals surface area contributed by atoms with Gasteiger partial charge in [-0.1, -0.05) is 13.8 Å². The van der Waals surface area contributed by atoms with Crippen molar-refractivity contribution in [2.24, 2.45) is 5.92 Å². The molecule has 0 aromatic heterocycles. The quantitative estimate of drug-likeness (QED) is 0.595. The molecule has 2 N–H and O–H groups in total.